The van der Waals surface area contributed by atoms with Crippen molar-refractivity contribution in [2.24, 2.45) is 5.92 Å². The van der Waals surface area contributed by atoms with Crippen molar-refractivity contribution in [2.75, 3.05) is 26.2 Å². The van der Waals surface area contributed by atoms with Crippen LogP contribution in [0.25, 0.3) is 0 Å². The number of piperidine rings is 1. The molecule has 0 spiro atoms. The van der Waals surface area contributed by atoms with Gasteiger partial charge in [-0.05, 0) is 37.5 Å². The Morgan fingerprint density at radius 3 is 2.88 bits per heavy atom. The standard InChI is InChI=1S/C17H22Cl2N2O3/c1-2-7-20-17(23)12-4-3-8-21(10-12)16(22)11-24-15-6-5-13(18)9-14(15)19/h5-6,9,12H,2-4,7-8,10-11H2,1H3,(H,20,23). The van der Waals surface area contributed by atoms with Crippen LogP contribution in [0.5, 0.6) is 5.75 Å². The number of nitrogens with zero attached hydrogens (tertiary/aromatic N) is 1. The summed E-state index contributed by atoms with van der Waals surface area (Å²) in [6.07, 6.45) is 2.53. The fourth-order valence-electron chi connectivity index (χ4n) is 2.63. The molecule has 1 unspecified atom stereocenters. The van der Waals surface area contributed by atoms with Crippen molar-refractivity contribution in [3.05, 3.63) is 28.2 Å². The Balaban J connectivity index is 1.86. The van der Waals surface area contributed by atoms with Gasteiger partial charge in [-0.25, -0.2) is 0 Å². The second-order valence-electron chi connectivity index (χ2n) is 5.83. The molecule has 1 atom stereocenters. The summed E-state index contributed by atoms with van der Waals surface area (Å²) in [5.41, 5.74) is 0. The van der Waals surface area contributed by atoms with E-state index in [9.17, 15) is 9.59 Å². The minimum Gasteiger partial charge on any atom is -0.482 e. The van der Waals surface area contributed by atoms with Crippen molar-refractivity contribution in [1.82, 2.24) is 10.2 Å². The van der Waals surface area contributed by atoms with E-state index in [1.807, 2.05) is 6.92 Å². The fourth-order valence-corrected chi connectivity index (χ4v) is 3.10. The highest BCUT2D eigenvalue weighted by atomic mass is 35.5. The monoisotopic (exact) mass is 372 g/mol. The molecule has 0 aromatic heterocycles. The van der Waals surface area contributed by atoms with E-state index in [-0.39, 0.29) is 24.3 Å². The van der Waals surface area contributed by atoms with Crippen molar-refractivity contribution in [3.8, 4) is 5.75 Å². The average molecular weight is 373 g/mol. The summed E-state index contributed by atoms with van der Waals surface area (Å²) in [5.74, 6) is 0.155. The zero-order valence-corrected chi connectivity index (χ0v) is 15.2. The maximum absolute atomic E-state index is 12.3. The molecule has 1 aromatic rings. The van der Waals surface area contributed by atoms with Crippen LogP contribution >= 0.6 is 23.2 Å². The molecular formula is C17H22Cl2N2O3. The number of rotatable bonds is 6. The minimum absolute atomic E-state index is 0.0241. The van der Waals surface area contributed by atoms with Gasteiger partial charge in [-0.1, -0.05) is 30.1 Å². The summed E-state index contributed by atoms with van der Waals surface area (Å²) in [6.45, 7) is 3.66. The van der Waals surface area contributed by atoms with Crippen LogP contribution in [0.15, 0.2) is 18.2 Å². The summed E-state index contributed by atoms with van der Waals surface area (Å²) < 4.78 is 5.49. The highest BCUT2D eigenvalue weighted by molar-refractivity contribution is 6.35. The van der Waals surface area contributed by atoms with Gasteiger partial charge in [0.2, 0.25) is 5.91 Å². The van der Waals surface area contributed by atoms with Gasteiger partial charge in [0.1, 0.15) is 5.75 Å². The summed E-state index contributed by atoms with van der Waals surface area (Å²) in [5, 5.41) is 3.77. The molecule has 132 valence electrons. The molecule has 1 aliphatic rings. The molecule has 24 heavy (non-hydrogen) atoms. The Labute approximate surface area is 152 Å². The Morgan fingerprint density at radius 1 is 1.38 bits per heavy atom. The zero-order valence-electron chi connectivity index (χ0n) is 13.7. The predicted octanol–water partition coefficient (Wildman–Crippen LogP) is 3.14. The number of nitrogens with one attached hydrogen (secondary N) is 1. The van der Waals surface area contributed by atoms with Crippen molar-refractivity contribution in [2.45, 2.75) is 26.2 Å². The van der Waals surface area contributed by atoms with E-state index in [2.05, 4.69) is 5.32 Å². The van der Waals surface area contributed by atoms with Crippen molar-refractivity contribution in [3.63, 3.8) is 0 Å². The number of ether oxygens (including phenoxy) is 1. The molecule has 1 aromatic carbocycles. The van der Waals surface area contributed by atoms with Gasteiger partial charge in [0, 0.05) is 24.7 Å². The zero-order chi connectivity index (χ0) is 17.5. The SMILES string of the molecule is CCCNC(=O)C1CCCN(C(=O)COc2ccc(Cl)cc2Cl)C1. The number of hydrogen-bond acceptors (Lipinski definition) is 3. The molecule has 5 nitrogen and oxygen atoms in total. The smallest absolute Gasteiger partial charge is 0.260 e. The summed E-state index contributed by atoms with van der Waals surface area (Å²) in [6, 6.07) is 4.86. The van der Waals surface area contributed by atoms with Crippen molar-refractivity contribution < 1.29 is 14.3 Å². The van der Waals surface area contributed by atoms with E-state index in [1.165, 1.54) is 0 Å². The predicted molar refractivity (Wildman–Crippen MR) is 94.6 cm³/mol. The topological polar surface area (TPSA) is 58.6 Å². The van der Waals surface area contributed by atoms with E-state index < -0.39 is 0 Å². The molecule has 1 saturated heterocycles. The largest absolute Gasteiger partial charge is 0.482 e. The first kappa shape index (κ1) is 18.9. The number of hydrogen-bond donors (Lipinski definition) is 1. The molecule has 0 saturated carbocycles. The summed E-state index contributed by atoms with van der Waals surface area (Å²) in [7, 11) is 0. The van der Waals surface area contributed by atoms with Crippen LogP contribution in [-0.2, 0) is 9.59 Å². The molecule has 7 heteroatoms. The molecule has 0 bridgehead atoms. The lowest BCUT2D eigenvalue weighted by Gasteiger charge is -2.32. The van der Waals surface area contributed by atoms with Crippen LogP contribution < -0.4 is 10.1 Å². The first-order valence-corrected chi connectivity index (χ1v) is 8.90. The molecule has 0 radical (unpaired) electrons. The van der Waals surface area contributed by atoms with Crippen LogP contribution in [-0.4, -0.2) is 43.0 Å². The summed E-state index contributed by atoms with van der Waals surface area (Å²) in [4.78, 5) is 26.1. The first-order valence-electron chi connectivity index (χ1n) is 8.14. The molecule has 1 heterocycles. The molecule has 1 fully saturated rings. The first-order chi connectivity index (χ1) is 11.5. The van der Waals surface area contributed by atoms with E-state index >= 15 is 0 Å². The van der Waals surface area contributed by atoms with Gasteiger partial charge in [-0.2, -0.15) is 0 Å². The third-order valence-corrected chi connectivity index (χ3v) is 4.47. The van der Waals surface area contributed by atoms with Gasteiger partial charge >= 0.3 is 0 Å². The lowest BCUT2D eigenvalue weighted by Crippen LogP contribution is -2.46. The summed E-state index contributed by atoms with van der Waals surface area (Å²) >= 11 is 11.9. The second-order valence-corrected chi connectivity index (χ2v) is 6.68. The van der Waals surface area contributed by atoms with Crippen LogP contribution in [0.2, 0.25) is 10.0 Å². The number of benzene rings is 1. The van der Waals surface area contributed by atoms with Gasteiger partial charge in [-0.3, -0.25) is 9.59 Å². The van der Waals surface area contributed by atoms with E-state index in [0.29, 0.717) is 35.4 Å². The number of likely N-dealkylation sites (tertiary alicyclic amines) is 1. The van der Waals surface area contributed by atoms with Gasteiger partial charge < -0.3 is 15.0 Å². The molecule has 2 rings (SSSR count). The fraction of sp³-hybridized carbons (Fsp3) is 0.529. The third-order valence-electron chi connectivity index (χ3n) is 3.94. The van der Waals surface area contributed by atoms with Gasteiger partial charge in [0.15, 0.2) is 6.61 Å². The number of carbonyl (C=O) groups excluding carboxylic acids is 2. The van der Waals surface area contributed by atoms with Crippen LogP contribution in [0.1, 0.15) is 26.2 Å². The lowest BCUT2D eigenvalue weighted by atomic mass is 9.97. The maximum Gasteiger partial charge on any atom is 0.260 e. The van der Waals surface area contributed by atoms with Crippen molar-refractivity contribution in [1.29, 1.82) is 0 Å². The lowest BCUT2D eigenvalue weighted by molar-refractivity contribution is -0.137. The maximum atomic E-state index is 12.3. The van der Waals surface area contributed by atoms with Gasteiger partial charge in [-0.15, -0.1) is 0 Å². The normalized spacial score (nSPS) is 17.5. The Hall–Kier alpha value is -1.46. The van der Waals surface area contributed by atoms with E-state index in [1.54, 1.807) is 23.1 Å². The molecule has 1 aliphatic heterocycles. The molecule has 0 aliphatic carbocycles. The average Bonchev–Trinajstić information content (AvgIpc) is 2.58. The number of carbonyl (C=O) groups is 2. The highest BCUT2D eigenvalue weighted by Gasteiger charge is 2.28. The molecular weight excluding hydrogens is 351 g/mol. The molecule has 1 N–H and O–H groups in total. The van der Waals surface area contributed by atoms with Crippen LogP contribution in [0.3, 0.4) is 0 Å². The van der Waals surface area contributed by atoms with Crippen LogP contribution in [0, 0.1) is 5.92 Å². The van der Waals surface area contributed by atoms with E-state index in [0.717, 1.165) is 19.3 Å². The number of halogens is 2. The third kappa shape index (κ3) is 5.28. The Bertz CT molecular complexity index is 595. The van der Waals surface area contributed by atoms with Crippen molar-refractivity contribution >= 4 is 35.0 Å². The van der Waals surface area contributed by atoms with E-state index in [4.69, 9.17) is 27.9 Å². The van der Waals surface area contributed by atoms with Crippen LogP contribution in [0.4, 0.5) is 0 Å². The number of amides is 2. The van der Waals surface area contributed by atoms with Gasteiger partial charge in [0.05, 0.1) is 10.9 Å². The molecule has 2 amide bonds. The second kappa shape index (κ2) is 9.14. The highest BCUT2D eigenvalue weighted by Crippen LogP contribution is 2.27. The Morgan fingerprint density at radius 2 is 2.17 bits per heavy atom. The quantitative estimate of drug-likeness (QED) is 0.834. The minimum atomic E-state index is -0.145. The van der Waals surface area contributed by atoms with Gasteiger partial charge in [0.25, 0.3) is 5.91 Å². The Kier molecular flexibility index (Phi) is 7.18.